The number of anilines is 1. The first kappa shape index (κ1) is 34.6. The maximum Gasteiger partial charge on any atom is 0.407 e. The van der Waals surface area contributed by atoms with Crippen molar-refractivity contribution in [2.45, 2.75) is 70.4 Å². The summed E-state index contributed by atoms with van der Waals surface area (Å²) in [5, 5.41) is 2.52. The van der Waals surface area contributed by atoms with Gasteiger partial charge in [-0.15, -0.1) is 11.3 Å². The van der Waals surface area contributed by atoms with Crippen LogP contribution in [-0.2, 0) is 14.9 Å². The quantitative estimate of drug-likeness (QED) is 0.153. The highest BCUT2D eigenvalue weighted by atomic mass is 32.2. The van der Waals surface area contributed by atoms with Gasteiger partial charge >= 0.3 is 16.2 Å². The third-order valence-corrected chi connectivity index (χ3v) is 11.2. The van der Waals surface area contributed by atoms with Crippen LogP contribution < -0.4 is 24.6 Å². The van der Waals surface area contributed by atoms with Gasteiger partial charge in [0.15, 0.2) is 23.1 Å². The molecule has 4 aromatic rings. The fourth-order valence-electron chi connectivity index (χ4n) is 6.25. The summed E-state index contributed by atoms with van der Waals surface area (Å²) in [7, 11) is -3.32. The van der Waals surface area contributed by atoms with Gasteiger partial charge in [-0.05, 0) is 76.6 Å². The monoisotopic (exact) mass is 717 g/mol. The van der Waals surface area contributed by atoms with Crippen LogP contribution in [0.2, 0.25) is 0 Å². The predicted octanol–water partition coefficient (Wildman–Crippen LogP) is 6.47. The molecule has 0 bridgehead atoms. The number of fused-ring (bicyclic) bond motifs is 2. The summed E-state index contributed by atoms with van der Waals surface area (Å²) < 4.78 is 75.8. The van der Waals surface area contributed by atoms with Gasteiger partial charge in [0, 0.05) is 32.6 Å². The summed E-state index contributed by atoms with van der Waals surface area (Å²) in [4.78, 5) is 41.0. The molecule has 2 aliphatic rings. The minimum absolute atomic E-state index is 0.0146. The number of aromatic nitrogens is 1. The number of pyridine rings is 1. The number of benzene rings is 2. The van der Waals surface area contributed by atoms with E-state index in [1.54, 1.807) is 20.8 Å². The number of halogens is 2. The molecule has 3 heterocycles. The zero-order valence-corrected chi connectivity index (χ0v) is 29.6. The molecule has 1 aliphatic carbocycles. The molecule has 2 fully saturated rings. The van der Waals surface area contributed by atoms with Gasteiger partial charge < -0.3 is 28.4 Å². The van der Waals surface area contributed by atoms with E-state index >= 15 is 4.39 Å². The van der Waals surface area contributed by atoms with Crippen molar-refractivity contribution in [3.63, 3.8) is 0 Å². The lowest BCUT2D eigenvalue weighted by Crippen LogP contribution is -2.36. The van der Waals surface area contributed by atoms with Crippen molar-refractivity contribution < 1.29 is 40.4 Å². The molecule has 15 heteroatoms. The Labute approximate surface area is 285 Å². The summed E-state index contributed by atoms with van der Waals surface area (Å²) in [6, 6.07) is 4.16. The van der Waals surface area contributed by atoms with Gasteiger partial charge in [-0.25, -0.2) is 13.6 Å². The van der Waals surface area contributed by atoms with Crippen molar-refractivity contribution in [1.82, 2.24) is 9.88 Å². The molecule has 1 saturated heterocycles. The molecule has 0 unspecified atom stereocenters. The number of Topliss-reactive ketones (excluding diaryl/α,β-unsaturated/α-hetero) is 1. The van der Waals surface area contributed by atoms with Gasteiger partial charge in [-0.2, -0.15) is 8.42 Å². The fourth-order valence-corrected chi connectivity index (χ4v) is 8.70. The van der Waals surface area contributed by atoms with E-state index in [0.29, 0.717) is 31.6 Å². The number of rotatable bonds is 9. The average molecular weight is 718 g/mol. The molecule has 11 nitrogen and oxygen atoms in total. The van der Waals surface area contributed by atoms with Gasteiger partial charge in [0.2, 0.25) is 5.43 Å². The summed E-state index contributed by atoms with van der Waals surface area (Å²) in [5.41, 5.74) is -0.703. The summed E-state index contributed by atoms with van der Waals surface area (Å²) in [5.74, 6) is -2.43. The summed E-state index contributed by atoms with van der Waals surface area (Å²) in [6.07, 6.45) is 1.54. The number of ether oxygens (including phenoxy) is 2. The van der Waals surface area contributed by atoms with Crippen LogP contribution in [0.25, 0.3) is 21.1 Å². The maximum atomic E-state index is 16.2. The Balaban J connectivity index is 1.48. The molecular formula is C34H37F2N3O8S2. The Kier molecular flexibility index (Phi) is 8.89. The molecule has 1 N–H and O–H groups in total. The highest BCUT2D eigenvalue weighted by Gasteiger charge is 2.37. The normalized spacial score (nSPS) is 16.7. The number of aryl methyl sites for hydroxylation is 1. The third kappa shape index (κ3) is 6.57. The second kappa shape index (κ2) is 12.6. The van der Waals surface area contributed by atoms with Crippen LogP contribution in [0.4, 0.5) is 19.3 Å². The lowest BCUT2D eigenvalue weighted by atomic mass is 10.1. The van der Waals surface area contributed by atoms with Crippen LogP contribution in [0.5, 0.6) is 11.5 Å². The standard InChI is InChI=1S/C34H37F2N3O8S2/c1-17-7-8-20(35)13-24(17)49(43,44)47-29-25-28(41)22-14-23(36)27(38-12-11-19(16-38)15-37-33(42)46-34(3,4)5)30(45-6)26(22)39(21-9-10-21)32(25)48-31(29)18(2)40/h7-8,13-14,19,21H,9-12,15-16H2,1-6H3,(H,37,42)/t19-/m0/s1. The number of carbonyl (C=O) groups is 2. The van der Waals surface area contributed by atoms with Gasteiger partial charge in [-0.3, -0.25) is 9.59 Å². The number of alkyl carbamates (subject to hydrolysis) is 1. The molecule has 0 spiro atoms. The number of thiophene rings is 1. The van der Waals surface area contributed by atoms with Gasteiger partial charge in [-0.1, -0.05) is 6.07 Å². The Hall–Kier alpha value is -4.24. The smallest absolute Gasteiger partial charge is 0.407 e. The lowest BCUT2D eigenvalue weighted by Gasteiger charge is -2.25. The molecule has 2 aromatic carbocycles. The molecule has 49 heavy (non-hydrogen) atoms. The second-order valence-electron chi connectivity index (χ2n) is 13.5. The molecule has 6 rings (SSSR count). The number of hydrogen-bond acceptors (Lipinski definition) is 10. The number of amides is 1. The SMILES string of the molecule is COc1c(N2CC[C@@H](CNC(=O)OC(C)(C)C)C2)c(F)cc2c(=O)c3c(OS(=O)(=O)c4cc(F)ccc4C)c(C(C)=O)sc3n(C3CC3)c12. The van der Waals surface area contributed by atoms with E-state index in [1.807, 2.05) is 9.47 Å². The zero-order valence-electron chi connectivity index (χ0n) is 27.9. The number of nitrogens with zero attached hydrogens (tertiary/aromatic N) is 2. The van der Waals surface area contributed by atoms with Crippen molar-refractivity contribution >= 4 is 60.1 Å². The van der Waals surface area contributed by atoms with Crippen molar-refractivity contribution in [3.8, 4) is 11.5 Å². The highest BCUT2D eigenvalue weighted by Crippen LogP contribution is 2.49. The fraction of sp³-hybridized carbons (Fsp3) is 0.441. The van der Waals surface area contributed by atoms with E-state index < -0.39 is 55.3 Å². The molecule has 2 aromatic heterocycles. The average Bonchev–Trinajstić information content (AvgIpc) is 3.62. The molecule has 262 valence electrons. The minimum Gasteiger partial charge on any atom is -0.492 e. The van der Waals surface area contributed by atoms with Crippen LogP contribution in [0.3, 0.4) is 0 Å². The zero-order chi connectivity index (χ0) is 35.6. The number of ketones is 1. The minimum atomic E-state index is -4.71. The van der Waals surface area contributed by atoms with Gasteiger partial charge in [0.25, 0.3) is 0 Å². The van der Waals surface area contributed by atoms with Crippen LogP contribution in [-0.4, -0.2) is 57.2 Å². The molecule has 1 amide bonds. The molecule has 1 aliphatic heterocycles. The van der Waals surface area contributed by atoms with Crippen LogP contribution >= 0.6 is 11.3 Å². The lowest BCUT2D eigenvalue weighted by molar-refractivity contribution is 0.0520. The van der Waals surface area contributed by atoms with Gasteiger partial charge in [0.1, 0.15) is 37.1 Å². The topological polar surface area (TPSA) is 133 Å². The molecule has 0 radical (unpaired) electrons. The molecule has 1 atom stereocenters. The second-order valence-corrected chi connectivity index (χ2v) is 16.0. The summed E-state index contributed by atoms with van der Waals surface area (Å²) in [6.45, 7) is 9.18. The first-order valence-electron chi connectivity index (χ1n) is 15.8. The van der Waals surface area contributed by atoms with Gasteiger partial charge in [0.05, 0.1) is 18.0 Å². The largest absolute Gasteiger partial charge is 0.492 e. The summed E-state index contributed by atoms with van der Waals surface area (Å²) >= 11 is 0.909. The predicted molar refractivity (Wildman–Crippen MR) is 182 cm³/mol. The van der Waals surface area contributed by atoms with Crippen LogP contribution in [0.1, 0.15) is 68.2 Å². The number of nitrogens with one attached hydrogen (secondary N) is 1. The first-order chi connectivity index (χ1) is 23.0. The molecular weight excluding hydrogens is 681 g/mol. The van der Waals surface area contributed by atoms with Crippen LogP contribution in [0, 0.1) is 24.5 Å². The van der Waals surface area contributed by atoms with E-state index in [1.165, 1.54) is 27.0 Å². The van der Waals surface area contributed by atoms with Crippen molar-refractivity contribution in [3.05, 3.63) is 56.6 Å². The van der Waals surface area contributed by atoms with E-state index in [-0.39, 0.29) is 49.4 Å². The Bertz CT molecular complexity index is 2190. The van der Waals surface area contributed by atoms with E-state index in [4.69, 9.17) is 13.7 Å². The number of carbonyl (C=O) groups excluding carboxylic acids is 2. The van der Waals surface area contributed by atoms with E-state index in [9.17, 15) is 27.2 Å². The number of methoxy groups -OCH3 is 1. The third-order valence-electron chi connectivity index (χ3n) is 8.54. The molecule has 1 saturated carbocycles. The first-order valence-corrected chi connectivity index (χ1v) is 18.1. The maximum absolute atomic E-state index is 16.2. The van der Waals surface area contributed by atoms with E-state index in [2.05, 4.69) is 5.32 Å². The van der Waals surface area contributed by atoms with Crippen molar-refractivity contribution in [2.24, 2.45) is 5.92 Å². The Morgan fingerprint density at radius 3 is 2.45 bits per heavy atom. The Morgan fingerprint density at radius 1 is 1.10 bits per heavy atom. The van der Waals surface area contributed by atoms with E-state index in [0.717, 1.165) is 42.4 Å². The number of hydrogen-bond donors (Lipinski definition) is 1. The highest BCUT2D eigenvalue weighted by molar-refractivity contribution is 7.87. The van der Waals surface area contributed by atoms with Crippen molar-refractivity contribution in [2.75, 3.05) is 31.6 Å². The Morgan fingerprint density at radius 2 is 1.82 bits per heavy atom. The van der Waals surface area contributed by atoms with Crippen molar-refractivity contribution in [1.29, 1.82) is 0 Å². The van der Waals surface area contributed by atoms with Crippen LogP contribution in [0.15, 0.2) is 34.0 Å².